The van der Waals surface area contributed by atoms with Gasteiger partial charge in [0.05, 0.1) is 6.04 Å². The molecule has 2 rings (SSSR count). The smallest absolute Gasteiger partial charge is 0.237 e. The summed E-state index contributed by atoms with van der Waals surface area (Å²) in [6, 6.07) is 9.74. The Morgan fingerprint density at radius 2 is 1.81 bits per heavy atom. The first kappa shape index (κ1) is 16.0. The van der Waals surface area contributed by atoms with Crippen molar-refractivity contribution in [2.75, 3.05) is 0 Å². The van der Waals surface area contributed by atoms with Gasteiger partial charge in [0.25, 0.3) is 0 Å². The highest BCUT2D eigenvalue weighted by Gasteiger charge is 2.22. The second-order valence-corrected chi connectivity index (χ2v) is 6.35. The van der Waals surface area contributed by atoms with E-state index >= 15 is 0 Å². The van der Waals surface area contributed by atoms with Gasteiger partial charge in [0, 0.05) is 6.04 Å². The van der Waals surface area contributed by atoms with Gasteiger partial charge in [-0.25, -0.2) is 0 Å². The maximum atomic E-state index is 12.3. The van der Waals surface area contributed by atoms with Crippen molar-refractivity contribution in [3.8, 4) is 0 Å². The van der Waals surface area contributed by atoms with Gasteiger partial charge in [-0.3, -0.25) is 4.79 Å². The lowest BCUT2D eigenvalue weighted by molar-refractivity contribution is -0.123. The van der Waals surface area contributed by atoms with Crippen LogP contribution in [0.4, 0.5) is 0 Å². The van der Waals surface area contributed by atoms with Crippen LogP contribution in [-0.2, 0) is 11.2 Å². The zero-order valence-electron chi connectivity index (χ0n) is 13.1. The molecule has 1 aliphatic rings. The molecule has 0 aromatic heterocycles. The van der Waals surface area contributed by atoms with Crippen molar-refractivity contribution in [2.45, 2.75) is 64.0 Å². The highest BCUT2D eigenvalue weighted by molar-refractivity contribution is 5.82. The van der Waals surface area contributed by atoms with E-state index in [-0.39, 0.29) is 11.9 Å². The zero-order chi connectivity index (χ0) is 15.1. The van der Waals surface area contributed by atoms with Gasteiger partial charge in [0.1, 0.15) is 0 Å². The van der Waals surface area contributed by atoms with Crippen molar-refractivity contribution in [1.29, 1.82) is 0 Å². The highest BCUT2D eigenvalue weighted by atomic mass is 16.2. The van der Waals surface area contributed by atoms with Crippen LogP contribution in [0.25, 0.3) is 0 Å². The van der Waals surface area contributed by atoms with E-state index in [0.29, 0.717) is 12.3 Å². The van der Waals surface area contributed by atoms with E-state index in [1.807, 2.05) is 30.3 Å². The van der Waals surface area contributed by atoms with Crippen molar-refractivity contribution in [3.63, 3.8) is 0 Å². The number of rotatable bonds is 5. The third-order valence-corrected chi connectivity index (χ3v) is 4.61. The summed E-state index contributed by atoms with van der Waals surface area (Å²) in [4.78, 5) is 12.3. The Bertz CT molecular complexity index is 424. The Balaban J connectivity index is 1.82. The lowest BCUT2D eigenvalue weighted by Gasteiger charge is -2.25. The fourth-order valence-electron chi connectivity index (χ4n) is 3.22. The minimum Gasteiger partial charge on any atom is -0.352 e. The molecule has 0 saturated heterocycles. The van der Waals surface area contributed by atoms with Crippen LogP contribution in [0.2, 0.25) is 0 Å². The van der Waals surface area contributed by atoms with Gasteiger partial charge in [0.15, 0.2) is 0 Å². The minimum atomic E-state index is -0.458. The molecule has 21 heavy (non-hydrogen) atoms. The van der Waals surface area contributed by atoms with Crippen LogP contribution in [-0.4, -0.2) is 18.0 Å². The highest BCUT2D eigenvalue weighted by Crippen LogP contribution is 2.25. The molecule has 0 unspecified atom stereocenters. The average Bonchev–Trinajstić information content (AvgIpc) is 2.77. The summed E-state index contributed by atoms with van der Waals surface area (Å²) in [6.45, 7) is 2.13. The van der Waals surface area contributed by atoms with E-state index in [2.05, 4.69) is 12.2 Å². The summed E-state index contributed by atoms with van der Waals surface area (Å²) in [5, 5.41) is 3.13. The summed E-state index contributed by atoms with van der Waals surface area (Å²) < 4.78 is 0. The molecule has 2 atom stereocenters. The van der Waals surface area contributed by atoms with Crippen molar-refractivity contribution >= 4 is 5.91 Å². The van der Waals surface area contributed by atoms with Gasteiger partial charge in [0.2, 0.25) is 5.91 Å². The second kappa shape index (κ2) is 8.18. The number of amides is 1. The molecule has 1 saturated carbocycles. The molecule has 0 heterocycles. The monoisotopic (exact) mass is 288 g/mol. The maximum Gasteiger partial charge on any atom is 0.237 e. The van der Waals surface area contributed by atoms with Crippen molar-refractivity contribution in [1.82, 2.24) is 5.32 Å². The molecule has 0 bridgehead atoms. The minimum absolute atomic E-state index is 0.0180. The number of hydrogen-bond acceptors (Lipinski definition) is 2. The number of carbonyl (C=O) groups is 1. The standard InChI is InChI=1S/C18H28N2O/c1-14(16-11-7-2-3-8-12-16)20-18(21)17(19)13-15-9-5-4-6-10-15/h4-6,9-10,14,16-17H,2-3,7-8,11-13,19H2,1H3,(H,20,21)/t14-,17-/m1/s1. The average molecular weight is 288 g/mol. The van der Waals surface area contributed by atoms with E-state index in [9.17, 15) is 4.79 Å². The molecular weight excluding hydrogens is 260 g/mol. The molecular formula is C18H28N2O. The number of nitrogens with two attached hydrogens (primary N) is 1. The van der Waals surface area contributed by atoms with Crippen molar-refractivity contribution < 1.29 is 4.79 Å². The van der Waals surface area contributed by atoms with E-state index < -0.39 is 6.04 Å². The summed E-state index contributed by atoms with van der Waals surface area (Å²) in [6.07, 6.45) is 8.33. The summed E-state index contributed by atoms with van der Waals surface area (Å²) >= 11 is 0. The van der Waals surface area contributed by atoms with Gasteiger partial charge in [-0.05, 0) is 37.7 Å². The quantitative estimate of drug-likeness (QED) is 0.818. The Kier molecular flexibility index (Phi) is 6.24. The molecule has 1 aromatic carbocycles. The number of benzene rings is 1. The molecule has 3 heteroatoms. The molecule has 1 amide bonds. The SMILES string of the molecule is C[C@@H](NC(=O)[C@H](N)Cc1ccccc1)C1CCCCCC1. The first-order chi connectivity index (χ1) is 10.2. The predicted molar refractivity (Wildman–Crippen MR) is 86.9 cm³/mol. The first-order valence-corrected chi connectivity index (χ1v) is 8.26. The van der Waals surface area contributed by atoms with Crippen LogP contribution in [0.15, 0.2) is 30.3 Å². The molecule has 3 nitrogen and oxygen atoms in total. The summed E-state index contributed by atoms with van der Waals surface area (Å²) in [5.74, 6) is 0.593. The van der Waals surface area contributed by atoms with E-state index in [0.717, 1.165) is 5.56 Å². The fraction of sp³-hybridized carbons (Fsp3) is 0.611. The van der Waals surface area contributed by atoms with Gasteiger partial charge < -0.3 is 11.1 Å². The molecule has 1 aliphatic carbocycles. The Hall–Kier alpha value is -1.35. The molecule has 1 aromatic rings. The van der Waals surface area contributed by atoms with Crippen LogP contribution in [0.5, 0.6) is 0 Å². The largest absolute Gasteiger partial charge is 0.352 e. The molecule has 0 spiro atoms. The number of hydrogen-bond donors (Lipinski definition) is 2. The van der Waals surface area contributed by atoms with E-state index in [1.165, 1.54) is 38.5 Å². The van der Waals surface area contributed by atoms with Crippen LogP contribution in [0.1, 0.15) is 51.0 Å². The second-order valence-electron chi connectivity index (χ2n) is 6.35. The van der Waals surface area contributed by atoms with Gasteiger partial charge in [-0.1, -0.05) is 56.0 Å². The van der Waals surface area contributed by atoms with Crippen LogP contribution < -0.4 is 11.1 Å². The fourth-order valence-corrected chi connectivity index (χ4v) is 3.22. The van der Waals surface area contributed by atoms with Gasteiger partial charge in [-0.15, -0.1) is 0 Å². The molecule has 1 fully saturated rings. The lowest BCUT2D eigenvalue weighted by atomic mass is 9.92. The lowest BCUT2D eigenvalue weighted by Crippen LogP contribution is -2.47. The van der Waals surface area contributed by atoms with Crippen molar-refractivity contribution in [3.05, 3.63) is 35.9 Å². The number of carbonyl (C=O) groups excluding carboxylic acids is 1. The molecule has 3 N–H and O–H groups in total. The molecule has 0 aliphatic heterocycles. The maximum absolute atomic E-state index is 12.3. The molecule has 116 valence electrons. The normalized spacial score (nSPS) is 19.5. The van der Waals surface area contributed by atoms with Gasteiger partial charge in [-0.2, -0.15) is 0 Å². The molecule has 0 radical (unpaired) electrons. The third kappa shape index (κ3) is 5.16. The van der Waals surface area contributed by atoms with E-state index in [4.69, 9.17) is 5.73 Å². The summed E-state index contributed by atoms with van der Waals surface area (Å²) in [5.41, 5.74) is 7.16. The van der Waals surface area contributed by atoms with Crippen LogP contribution in [0.3, 0.4) is 0 Å². The Morgan fingerprint density at radius 3 is 2.43 bits per heavy atom. The van der Waals surface area contributed by atoms with Crippen LogP contribution >= 0.6 is 0 Å². The van der Waals surface area contributed by atoms with Gasteiger partial charge >= 0.3 is 0 Å². The summed E-state index contributed by atoms with van der Waals surface area (Å²) in [7, 11) is 0. The van der Waals surface area contributed by atoms with E-state index in [1.54, 1.807) is 0 Å². The third-order valence-electron chi connectivity index (χ3n) is 4.61. The van der Waals surface area contributed by atoms with Crippen molar-refractivity contribution in [2.24, 2.45) is 11.7 Å². The Labute approximate surface area is 128 Å². The number of nitrogens with one attached hydrogen (secondary N) is 1. The first-order valence-electron chi connectivity index (χ1n) is 8.26. The van der Waals surface area contributed by atoms with Crippen LogP contribution in [0, 0.1) is 5.92 Å². The topological polar surface area (TPSA) is 55.1 Å². The Morgan fingerprint density at radius 1 is 1.19 bits per heavy atom. The zero-order valence-corrected chi connectivity index (χ0v) is 13.1. The predicted octanol–water partition coefficient (Wildman–Crippen LogP) is 3.03.